The van der Waals surface area contributed by atoms with Crippen LogP contribution in [-0.4, -0.2) is 109 Å². The summed E-state index contributed by atoms with van der Waals surface area (Å²) in [4.78, 5) is 67.3. The van der Waals surface area contributed by atoms with Crippen LogP contribution in [0.25, 0.3) is 11.1 Å². The summed E-state index contributed by atoms with van der Waals surface area (Å²) in [6.07, 6.45) is 3.60. The molecule has 0 bridgehead atoms. The van der Waals surface area contributed by atoms with Gasteiger partial charge in [0, 0.05) is 51.3 Å². The van der Waals surface area contributed by atoms with E-state index >= 15 is 0 Å². The van der Waals surface area contributed by atoms with E-state index in [2.05, 4.69) is 20.6 Å². The number of hydrogen-bond acceptors (Lipinski definition) is 9. The summed E-state index contributed by atoms with van der Waals surface area (Å²) in [6.45, 7) is 3.15. The van der Waals surface area contributed by atoms with Crippen LogP contribution in [0.5, 0.6) is 0 Å². The van der Waals surface area contributed by atoms with Crippen molar-refractivity contribution in [1.29, 1.82) is 0 Å². The second kappa shape index (κ2) is 14.4. The van der Waals surface area contributed by atoms with Crippen molar-refractivity contribution in [2.24, 2.45) is 11.8 Å². The molecule has 3 aromatic heterocycles. The summed E-state index contributed by atoms with van der Waals surface area (Å²) in [5.41, 5.74) is 0.639. The van der Waals surface area contributed by atoms with Crippen molar-refractivity contribution >= 4 is 57.8 Å². The molecule has 2 N–H and O–H groups in total. The Labute approximate surface area is 266 Å². The van der Waals surface area contributed by atoms with Gasteiger partial charge in [0.2, 0.25) is 17.6 Å². The first kappa shape index (κ1) is 32.3. The predicted octanol–water partition coefficient (Wildman–Crippen LogP) is 3.37. The number of nitrogens with one attached hydrogen (secondary N) is 2. The maximum atomic E-state index is 13.6. The zero-order valence-electron chi connectivity index (χ0n) is 25.7. The fourth-order valence-corrected chi connectivity index (χ4v) is 5.63. The summed E-state index contributed by atoms with van der Waals surface area (Å²) < 4.78 is 11.3. The number of morpholine rings is 1. The van der Waals surface area contributed by atoms with Gasteiger partial charge < -0.3 is 34.5 Å². The Kier molecular flexibility index (Phi) is 10.3. The van der Waals surface area contributed by atoms with Crippen molar-refractivity contribution in [1.82, 2.24) is 24.7 Å². The summed E-state index contributed by atoms with van der Waals surface area (Å²) in [7, 11) is 5.74. The van der Waals surface area contributed by atoms with Gasteiger partial charge in [0.15, 0.2) is 5.58 Å². The molecule has 14 heteroatoms. The molecule has 1 saturated heterocycles. The standard InChI is InChI=1S/C31H38ClN7O6/c1-37(2)12-13-38(3)30(42)20-6-4-19(5-7-20)28(40)36-26-25-23(10-9-22(34-25)31(43)39-14-16-44-17-15-39)45-27(26)29(41)35-24-11-8-21(32)18-33-24/h8-11,18-20H,4-7,12-17H2,1-3H3,(H,36,40)(H,33,35,41). The number of carbonyl (C=O) groups is 4. The molecule has 0 unspecified atom stereocenters. The van der Waals surface area contributed by atoms with Crippen molar-refractivity contribution in [3.05, 3.63) is 46.9 Å². The number of pyridine rings is 2. The van der Waals surface area contributed by atoms with Gasteiger partial charge in [-0.1, -0.05) is 11.6 Å². The molecule has 45 heavy (non-hydrogen) atoms. The van der Waals surface area contributed by atoms with Gasteiger partial charge >= 0.3 is 0 Å². The predicted molar refractivity (Wildman–Crippen MR) is 168 cm³/mol. The first-order valence-corrected chi connectivity index (χ1v) is 15.4. The number of anilines is 2. The smallest absolute Gasteiger partial charge is 0.294 e. The van der Waals surface area contributed by atoms with Crippen LogP contribution in [-0.2, 0) is 14.3 Å². The van der Waals surface area contributed by atoms with Gasteiger partial charge in [0.05, 0.1) is 18.2 Å². The topological polar surface area (TPSA) is 150 Å². The van der Waals surface area contributed by atoms with Gasteiger partial charge in [-0.3, -0.25) is 19.2 Å². The fourth-order valence-electron chi connectivity index (χ4n) is 5.52. The van der Waals surface area contributed by atoms with E-state index in [0.717, 1.165) is 6.54 Å². The summed E-state index contributed by atoms with van der Waals surface area (Å²) in [5.74, 6) is -1.62. The fraction of sp³-hybridized carbons (Fsp3) is 0.484. The maximum Gasteiger partial charge on any atom is 0.294 e. The molecule has 3 aromatic rings. The van der Waals surface area contributed by atoms with Crippen LogP contribution in [0.3, 0.4) is 0 Å². The molecule has 0 radical (unpaired) electrons. The van der Waals surface area contributed by atoms with E-state index in [1.54, 1.807) is 21.9 Å². The summed E-state index contributed by atoms with van der Waals surface area (Å²) in [6, 6.07) is 6.21. The second-order valence-corrected chi connectivity index (χ2v) is 12.1. The van der Waals surface area contributed by atoms with Gasteiger partial charge in [-0.25, -0.2) is 9.97 Å². The van der Waals surface area contributed by atoms with Crippen LogP contribution in [0.4, 0.5) is 11.5 Å². The molecule has 2 aliphatic rings. The monoisotopic (exact) mass is 639 g/mol. The third-order valence-electron chi connectivity index (χ3n) is 8.18. The van der Waals surface area contributed by atoms with Crippen molar-refractivity contribution < 1.29 is 28.3 Å². The highest BCUT2D eigenvalue weighted by Crippen LogP contribution is 2.34. The minimum Gasteiger partial charge on any atom is -0.447 e. The van der Waals surface area contributed by atoms with E-state index in [9.17, 15) is 19.2 Å². The number of amides is 4. The van der Waals surface area contributed by atoms with Crippen LogP contribution >= 0.6 is 11.6 Å². The third-order valence-corrected chi connectivity index (χ3v) is 8.40. The number of aromatic nitrogens is 2. The number of carbonyl (C=O) groups excluding carboxylic acids is 4. The molecule has 13 nitrogen and oxygen atoms in total. The summed E-state index contributed by atoms with van der Waals surface area (Å²) in [5, 5.41) is 5.95. The van der Waals surface area contributed by atoms with Gasteiger partial charge in [0.1, 0.15) is 22.7 Å². The Morgan fingerprint density at radius 2 is 1.67 bits per heavy atom. The largest absolute Gasteiger partial charge is 0.447 e. The lowest BCUT2D eigenvalue weighted by Gasteiger charge is -2.30. The van der Waals surface area contributed by atoms with Crippen molar-refractivity contribution in [3.63, 3.8) is 0 Å². The minimum absolute atomic E-state index is 0.0692. The van der Waals surface area contributed by atoms with Crippen LogP contribution in [0.15, 0.2) is 34.9 Å². The Balaban J connectivity index is 1.36. The second-order valence-electron chi connectivity index (χ2n) is 11.7. The maximum absolute atomic E-state index is 13.6. The third kappa shape index (κ3) is 7.78. The Morgan fingerprint density at radius 1 is 0.956 bits per heavy atom. The van der Waals surface area contributed by atoms with E-state index in [4.69, 9.17) is 20.8 Å². The van der Waals surface area contributed by atoms with Gasteiger partial charge in [-0.05, 0) is 64.0 Å². The first-order valence-electron chi connectivity index (χ1n) is 15.0. The quantitative estimate of drug-likeness (QED) is 0.359. The highest BCUT2D eigenvalue weighted by atomic mass is 35.5. The zero-order valence-corrected chi connectivity index (χ0v) is 26.4. The van der Waals surface area contributed by atoms with E-state index in [-0.39, 0.29) is 63.6 Å². The van der Waals surface area contributed by atoms with Gasteiger partial charge in [-0.15, -0.1) is 0 Å². The number of rotatable bonds is 9. The van der Waals surface area contributed by atoms with Gasteiger partial charge in [-0.2, -0.15) is 0 Å². The SMILES string of the molecule is CN(C)CCN(C)C(=O)C1CCC(C(=O)Nc2c(C(=O)Nc3ccc(Cl)cn3)oc3ccc(C(=O)N4CCOCC4)nc23)CC1. The van der Waals surface area contributed by atoms with E-state index < -0.39 is 5.91 Å². The molecule has 0 atom stereocenters. The molecule has 5 rings (SSSR count). The van der Waals surface area contributed by atoms with Crippen molar-refractivity contribution in [3.8, 4) is 0 Å². The van der Waals surface area contributed by atoms with E-state index in [0.29, 0.717) is 63.6 Å². The Bertz CT molecular complexity index is 1550. The number of likely N-dealkylation sites (N-methyl/N-ethyl adjacent to an activating group) is 2. The molecular formula is C31H38ClN7O6. The average molecular weight is 640 g/mol. The highest BCUT2D eigenvalue weighted by molar-refractivity contribution is 6.30. The van der Waals surface area contributed by atoms with Crippen LogP contribution in [0.1, 0.15) is 46.7 Å². The van der Waals surface area contributed by atoms with Crippen LogP contribution < -0.4 is 10.6 Å². The first-order chi connectivity index (χ1) is 21.6. The lowest BCUT2D eigenvalue weighted by molar-refractivity contribution is -0.136. The minimum atomic E-state index is -0.658. The highest BCUT2D eigenvalue weighted by Gasteiger charge is 2.33. The zero-order chi connectivity index (χ0) is 32.1. The Morgan fingerprint density at radius 3 is 2.33 bits per heavy atom. The van der Waals surface area contributed by atoms with Crippen molar-refractivity contribution in [2.75, 3.05) is 71.2 Å². The lowest BCUT2D eigenvalue weighted by atomic mass is 9.81. The lowest BCUT2D eigenvalue weighted by Crippen LogP contribution is -2.41. The molecule has 4 amide bonds. The molecule has 240 valence electrons. The molecule has 0 spiro atoms. The molecule has 1 saturated carbocycles. The molecule has 4 heterocycles. The van der Waals surface area contributed by atoms with Crippen molar-refractivity contribution in [2.45, 2.75) is 25.7 Å². The number of nitrogens with zero attached hydrogens (tertiary/aromatic N) is 5. The number of halogens is 1. The number of hydrogen-bond donors (Lipinski definition) is 2. The molecule has 1 aliphatic carbocycles. The normalized spacial score (nSPS) is 18.6. The molecule has 1 aliphatic heterocycles. The molecule has 0 aromatic carbocycles. The average Bonchev–Trinajstić information content (AvgIpc) is 3.41. The number of fused-ring (bicyclic) bond motifs is 1. The van der Waals surface area contributed by atoms with Gasteiger partial charge in [0.25, 0.3) is 11.8 Å². The van der Waals surface area contributed by atoms with Crippen LogP contribution in [0.2, 0.25) is 5.02 Å². The van der Waals surface area contributed by atoms with Crippen LogP contribution in [0, 0.1) is 11.8 Å². The summed E-state index contributed by atoms with van der Waals surface area (Å²) >= 11 is 5.93. The number of furan rings is 1. The molecule has 2 fully saturated rings. The molecular weight excluding hydrogens is 602 g/mol. The number of ether oxygens (including phenoxy) is 1. The van der Waals surface area contributed by atoms with E-state index in [1.165, 1.54) is 18.3 Å². The Hall–Kier alpha value is -4.07. The van der Waals surface area contributed by atoms with E-state index in [1.807, 2.05) is 26.0 Å².